The Morgan fingerprint density at radius 2 is 2.00 bits per heavy atom. The number of thiocarbonyl (C=S) groups is 1. The minimum Gasteiger partial charge on any atom is -0.380 e. The van der Waals surface area contributed by atoms with E-state index in [2.05, 4.69) is 22.8 Å². The molecule has 0 unspecified atom stereocenters. The molecule has 0 aliphatic rings. The molecule has 1 aromatic carbocycles. The second-order valence-electron chi connectivity index (χ2n) is 3.29. The first-order chi connectivity index (χ1) is 7.83. The lowest BCUT2D eigenvalue weighted by atomic mass is 10.2. The van der Waals surface area contributed by atoms with Crippen LogP contribution in [0.1, 0.15) is 12.5 Å². The molecule has 16 heavy (non-hydrogen) atoms. The van der Waals surface area contributed by atoms with Crippen LogP contribution in [0.2, 0.25) is 0 Å². The van der Waals surface area contributed by atoms with Crippen LogP contribution >= 0.6 is 12.2 Å². The molecule has 0 saturated carbocycles. The number of hydrogen-bond donors (Lipinski definition) is 2. The summed E-state index contributed by atoms with van der Waals surface area (Å²) in [5.41, 5.74) is 1.22. The van der Waals surface area contributed by atoms with Gasteiger partial charge in [0.25, 0.3) is 0 Å². The number of hydrogen-bond acceptors (Lipinski definition) is 2. The molecule has 0 saturated heterocycles. The van der Waals surface area contributed by atoms with Crippen molar-refractivity contribution in [3.05, 3.63) is 35.9 Å². The van der Waals surface area contributed by atoms with E-state index in [1.165, 1.54) is 5.56 Å². The maximum atomic E-state index is 5.20. The highest BCUT2D eigenvalue weighted by Crippen LogP contribution is 1.96. The number of rotatable bonds is 6. The third kappa shape index (κ3) is 5.68. The van der Waals surface area contributed by atoms with E-state index >= 15 is 0 Å². The fraction of sp³-hybridized carbons (Fsp3) is 0.417. The molecule has 1 aromatic rings. The van der Waals surface area contributed by atoms with Gasteiger partial charge in [0.05, 0.1) is 6.61 Å². The van der Waals surface area contributed by atoms with E-state index in [9.17, 15) is 0 Å². The van der Waals surface area contributed by atoms with Crippen LogP contribution in [-0.2, 0) is 11.3 Å². The Hall–Kier alpha value is -1.13. The lowest BCUT2D eigenvalue weighted by molar-refractivity contribution is 0.152. The molecule has 0 fully saturated rings. The monoisotopic (exact) mass is 238 g/mol. The van der Waals surface area contributed by atoms with E-state index in [1.807, 2.05) is 25.1 Å². The zero-order valence-corrected chi connectivity index (χ0v) is 10.3. The summed E-state index contributed by atoms with van der Waals surface area (Å²) in [5.74, 6) is 0. The summed E-state index contributed by atoms with van der Waals surface area (Å²) in [4.78, 5) is 0. The number of nitrogens with one attached hydrogen (secondary N) is 2. The Bertz CT molecular complexity index is 303. The topological polar surface area (TPSA) is 33.3 Å². The molecule has 88 valence electrons. The Morgan fingerprint density at radius 1 is 1.25 bits per heavy atom. The van der Waals surface area contributed by atoms with E-state index < -0.39 is 0 Å². The summed E-state index contributed by atoms with van der Waals surface area (Å²) < 4.78 is 5.20. The van der Waals surface area contributed by atoms with Crippen molar-refractivity contribution in [2.45, 2.75) is 13.5 Å². The van der Waals surface area contributed by atoms with Crippen molar-refractivity contribution in [2.75, 3.05) is 19.8 Å². The molecule has 1 rings (SSSR count). The lowest BCUT2D eigenvalue weighted by Crippen LogP contribution is -2.36. The Kier molecular flexibility index (Phi) is 6.53. The van der Waals surface area contributed by atoms with Crippen molar-refractivity contribution in [1.82, 2.24) is 10.6 Å². The number of benzene rings is 1. The highest BCUT2D eigenvalue weighted by molar-refractivity contribution is 7.80. The van der Waals surface area contributed by atoms with Gasteiger partial charge in [0.15, 0.2) is 5.11 Å². The molecule has 0 amide bonds. The molecular weight excluding hydrogens is 220 g/mol. The van der Waals surface area contributed by atoms with Gasteiger partial charge >= 0.3 is 0 Å². The number of ether oxygens (including phenoxy) is 1. The standard InChI is InChI=1S/C12H18N2OS/c1-2-15-9-8-13-12(16)14-10-11-6-4-3-5-7-11/h3-7H,2,8-10H2,1H3,(H2,13,14,16). The van der Waals surface area contributed by atoms with E-state index in [-0.39, 0.29) is 0 Å². The van der Waals surface area contributed by atoms with Crippen LogP contribution in [0.25, 0.3) is 0 Å². The van der Waals surface area contributed by atoms with Gasteiger partial charge in [-0.2, -0.15) is 0 Å². The van der Waals surface area contributed by atoms with Crippen LogP contribution in [0.15, 0.2) is 30.3 Å². The Balaban J connectivity index is 2.11. The van der Waals surface area contributed by atoms with E-state index in [4.69, 9.17) is 17.0 Å². The quantitative estimate of drug-likeness (QED) is 0.583. The zero-order valence-electron chi connectivity index (χ0n) is 9.53. The minimum absolute atomic E-state index is 0.670. The Morgan fingerprint density at radius 3 is 2.69 bits per heavy atom. The predicted molar refractivity (Wildman–Crippen MR) is 70.4 cm³/mol. The first-order valence-corrected chi connectivity index (χ1v) is 5.87. The van der Waals surface area contributed by atoms with E-state index in [0.29, 0.717) is 11.7 Å². The highest BCUT2D eigenvalue weighted by Gasteiger charge is 1.95. The predicted octanol–water partition coefficient (Wildman–Crippen LogP) is 1.69. The normalized spacial score (nSPS) is 9.81. The molecule has 0 radical (unpaired) electrons. The highest BCUT2D eigenvalue weighted by atomic mass is 32.1. The van der Waals surface area contributed by atoms with Crippen molar-refractivity contribution in [1.29, 1.82) is 0 Å². The third-order valence-corrected chi connectivity index (χ3v) is 2.32. The fourth-order valence-electron chi connectivity index (χ4n) is 1.22. The molecule has 3 nitrogen and oxygen atoms in total. The van der Waals surface area contributed by atoms with Gasteiger partial charge in [0, 0.05) is 19.7 Å². The molecule has 4 heteroatoms. The van der Waals surface area contributed by atoms with Crippen molar-refractivity contribution in [3.8, 4) is 0 Å². The van der Waals surface area contributed by atoms with Gasteiger partial charge < -0.3 is 15.4 Å². The largest absolute Gasteiger partial charge is 0.380 e. The van der Waals surface area contributed by atoms with Gasteiger partial charge in [0.1, 0.15) is 0 Å². The third-order valence-electron chi connectivity index (χ3n) is 2.03. The summed E-state index contributed by atoms with van der Waals surface area (Å²) in [6.45, 7) is 4.90. The molecule has 0 aliphatic heterocycles. The van der Waals surface area contributed by atoms with Crippen molar-refractivity contribution in [2.24, 2.45) is 0 Å². The van der Waals surface area contributed by atoms with Gasteiger partial charge in [-0.15, -0.1) is 0 Å². The zero-order chi connectivity index (χ0) is 11.6. The van der Waals surface area contributed by atoms with Crippen LogP contribution in [0.3, 0.4) is 0 Å². The molecule has 0 heterocycles. The van der Waals surface area contributed by atoms with Crippen LogP contribution < -0.4 is 10.6 Å². The lowest BCUT2D eigenvalue weighted by Gasteiger charge is -2.10. The maximum Gasteiger partial charge on any atom is 0.166 e. The summed E-state index contributed by atoms with van der Waals surface area (Å²) >= 11 is 5.12. The summed E-state index contributed by atoms with van der Waals surface area (Å²) in [6, 6.07) is 10.2. The van der Waals surface area contributed by atoms with Crippen molar-refractivity contribution in [3.63, 3.8) is 0 Å². The second kappa shape index (κ2) is 8.07. The van der Waals surface area contributed by atoms with Gasteiger partial charge in [0.2, 0.25) is 0 Å². The average Bonchev–Trinajstić information content (AvgIpc) is 2.33. The Labute approximate surface area is 102 Å². The smallest absolute Gasteiger partial charge is 0.166 e. The molecular formula is C12H18N2OS. The van der Waals surface area contributed by atoms with Crippen LogP contribution in [-0.4, -0.2) is 24.9 Å². The van der Waals surface area contributed by atoms with Gasteiger partial charge in [-0.05, 0) is 24.7 Å². The molecule has 0 bridgehead atoms. The van der Waals surface area contributed by atoms with E-state index in [1.54, 1.807) is 0 Å². The van der Waals surface area contributed by atoms with Gasteiger partial charge in [-0.25, -0.2) is 0 Å². The second-order valence-corrected chi connectivity index (χ2v) is 3.70. The van der Waals surface area contributed by atoms with Crippen molar-refractivity contribution < 1.29 is 4.74 Å². The molecule has 2 N–H and O–H groups in total. The molecule has 0 aromatic heterocycles. The fourth-order valence-corrected chi connectivity index (χ4v) is 1.40. The molecule has 0 atom stereocenters. The first-order valence-electron chi connectivity index (χ1n) is 5.46. The van der Waals surface area contributed by atoms with E-state index in [0.717, 1.165) is 19.7 Å². The SMILES string of the molecule is CCOCCNC(=S)NCc1ccccc1. The summed E-state index contributed by atoms with van der Waals surface area (Å²) in [6.07, 6.45) is 0. The summed E-state index contributed by atoms with van der Waals surface area (Å²) in [5, 5.41) is 6.89. The molecule has 0 aliphatic carbocycles. The van der Waals surface area contributed by atoms with Crippen LogP contribution in [0, 0.1) is 0 Å². The van der Waals surface area contributed by atoms with Crippen LogP contribution in [0.4, 0.5) is 0 Å². The molecule has 0 spiro atoms. The summed E-state index contributed by atoms with van der Waals surface area (Å²) in [7, 11) is 0. The van der Waals surface area contributed by atoms with Crippen LogP contribution in [0.5, 0.6) is 0 Å². The van der Waals surface area contributed by atoms with Crippen molar-refractivity contribution >= 4 is 17.3 Å². The first kappa shape index (κ1) is 12.9. The maximum absolute atomic E-state index is 5.20. The van der Waals surface area contributed by atoms with Gasteiger partial charge in [-0.1, -0.05) is 30.3 Å². The van der Waals surface area contributed by atoms with Gasteiger partial charge in [-0.3, -0.25) is 0 Å². The average molecular weight is 238 g/mol. The minimum atomic E-state index is 0.670.